The monoisotopic (exact) mass is 392 g/mol. The average Bonchev–Trinajstić information content (AvgIpc) is 2.95. The molecule has 3 fully saturated rings. The molecule has 0 aromatic heterocycles. The second-order valence-corrected chi connectivity index (χ2v) is 9.23. The zero-order chi connectivity index (χ0) is 20.5. The molecule has 4 rings (SSSR count). The number of carbonyl (C=O) groups is 3. The average molecular weight is 392 g/mol. The van der Waals surface area contributed by atoms with E-state index in [-0.39, 0.29) is 24.4 Å². The fourth-order valence-corrected chi connectivity index (χ4v) is 6.37. The molecule has 0 aromatic rings. The van der Waals surface area contributed by atoms with Gasteiger partial charge >= 0.3 is 11.9 Å². The molecule has 0 radical (unpaired) electrons. The van der Waals surface area contributed by atoms with Crippen LogP contribution in [0.15, 0.2) is 11.6 Å². The second-order valence-electron chi connectivity index (χ2n) is 9.23. The van der Waals surface area contributed by atoms with Crippen LogP contribution < -0.4 is 0 Å². The Morgan fingerprint density at radius 3 is 2.32 bits per heavy atom. The number of fused-ring (bicyclic) bond motifs is 5. The van der Waals surface area contributed by atoms with Gasteiger partial charge in [0.1, 0.15) is 0 Å². The van der Waals surface area contributed by atoms with Crippen LogP contribution in [0, 0.1) is 29.1 Å². The minimum Gasteiger partial charge on any atom is -0.481 e. The van der Waals surface area contributed by atoms with Crippen LogP contribution in [0.5, 0.6) is 0 Å². The summed E-state index contributed by atoms with van der Waals surface area (Å²) in [6.45, 7) is 2.33. The summed E-state index contributed by atoms with van der Waals surface area (Å²) in [6.07, 6.45) is 10.3. The van der Waals surface area contributed by atoms with Gasteiger partial charge in [-0.05, 0) is 80.1 Å². The molecule has 4 aliphatic carbocycles. The number of aliphatic hydroxyl groups excluding tert-OH is 1. The first-order valence-corrected chi connectivity index (χ1v) is 10.6. The number of aliphatic hydroxyl groups is 1. The molecule has 0 spiro atoms. The van der Waals surface area contributed by atoms with E-state index in [0.717, 1.165) is 43.4 Å². The molecule has 6 nitrogen and oxygen atoms in total. The lowest BCUT2D eigenvalue weighted by molar-refractivity contribution is -0.143. The number of allylic oxidation sites excluding steroid dienone is 1. The highest BCUT2D eigenvalue weighted by atomic mass is 16.4. The Morgan fingerprint density at radius 2 is 1.68 bits per heavy atom. The third-order valence-corrected chi connectivity index (χ3v) is 7.80. The van der Waals surface area contributed by atoms with Crippen molar-refractivity contribution in [1.82, 2.24) is 0 Å². The predicted octanol–water partition coefficient (Wildman–Crippen LogP) is 3.42. The topological polar surface area (TPSA) is 112 Å². The van der Waals surface area contributed by atoms with Gasteiger partial charge in [0, 0.05) is 6.42 Å². The van der Waals surface area contributed by atoms with E-state index in [1.807, 2.05) is 6.08 Å². The van der Waals surface area contributed by atoms with E-state index in [9.17, 15) is 19.5 Å². The molecule has 0 saturated heterocycles. The Hall–Kier alpha value is -1.69. The number of carbonyl (C=O) groups excluding carboxylic acids is 1. The molecule has 4 aliphatic rings. The fourth-order valence-electron chi connectivity index (χ4n) is 6.37. The largest absolute Gasteiger partial charge is 0.481 e. The smallest absolute Gasteiger partial charge is 0.303 e. The Bertz CT molecular complexity index is 654. The number of ketones is 1. The number of aliphatic carboxylic acids is 2. The highest BCUT2D eigenvalue weighted by Crippen LogP contribution is 2.61. The third-order valence-electron chi connectivity index (χ3n) is 7.80. The molecule has 0 aromatic carbocycles. The highest BCUT2D eigenvalue weighted by Gasteiger charge is 2.55. The summed E-state index contributed by atoms with van der Waals surface area (Å²) in [5, 5.41) is 26.2. The molecule has 3 saturated carbocycles. The van der Waals surface area contributed by atoms with E-state index in [2.05, 4.69) is 6.92 Å². The summed E-state index contributed by atoms with van der Waals surface area (Å²) in [4.78, 5) is 30.9. The van der Waals surface area contributed by atoms with E-state index in [4.69, 9.17) is 10.2 Å². The molecule has 6 heteroatoms. The van der Waals surface area contributed by atoms with Crippen LogP contribution in [0.1, 0.15) is 71.1 Å². The van der Waals surface area contributed by atoms with Gasteiger partial charge < -0.3 is 15.3 Å². The lowest BCUT2D eigenvalue weighted by Crippen LogP contribution is -2.47. The zero-order valence-corrected chi connectivity index (χ0v) is 16.6. The van der Waals surface area contributed by atoms with Crippen LogP contribution in [0.4, 0.5) is 0 Å². The summed E-state index contributed by atoms with van der Waals surface area (Å²) in [5.74, 6) is 1.23. The summed E-state index contributed by atoms with van der Waals surface area (Å²) in [5.41, 5.74) is 1.65. The Balaban J connectivity index is 0.000000242. The molecule has 0 unspecified atom stereocenters. The number of rotatable bonds is 3. The van der Waals surface area contributed by atoms with Crippen molar-refractivity contribution < 1.29 is 29.7 Å². The first kappa shape index (κ1) is 21.0. The molecule has 156 valence electrons. The lowest BCUT2D eigenvalue weighted by atomic mass is 9.52. The van der Waals surface area contributed by atoms with Crippen molar-refractivity contribution in [2.24, 2.45) is 29.1 Å². The van der Waals surface area contributed by atoms with Crippen molar-refractivity contribution in [1.29, 1.82) is 0 Å². The maximum atomic E-state index is 11.6. The second kappa shape index (κ2) is 8.36. The van der Waals surface area contributed by atoms with Crippen molar-refractivity contribution in [3.05, 3.63) is 11.6 Å². The van der Waals surface area contributed by atoms with Crippen LogP contribution in [-0.2, 0) is 14.4 Å². The van der Waals surface area contributed by atoms with Gasteiger partial charge in [0.15, 0.2) is 5.78 Å². The summed E-state index contributed by atoms with van der Waals surface area (Å²) >= 11 is 0. The maximum Gasteiger partial charge on any atom is 0.303 e. The molecular formula is C22H32O6. The van der Waals surface area contributed by atoms with Crippen LogP contribution in [0.25, 0.3) is 0 Å². The van der Waals surface area contributed by atoms with Gasteiger partial charge in [-0.2, -0.15) is 0 Å². The highest BCUT2D eigenvalue weighted by molar-refractivity contribution is 5.91. The molecular weight excluding hydrogens is 360 g/mol. The normalized spacial score (nSPS) is 38.9. The van der Waals surface area contributed by atoms with E-state index < -0.39 is 11.9 Å². The van der Waals surface area contributed by atoms with Crippen molar-refractivity contribution in [3.63, 3.8) is 0 Å². The summed E-state index contributed by atoms with van der Waals surface area (Å²) < 4.78 is 0. The third kappa shape index (κ3) is 4.17. The van der Waals surface area contributed by atoms with Gasteiger partial charge in [-0.15, -0.1) is 0 Å². The molecule has 0 amide bonds. The fraction of sp³-hybridized carbons (Fsp3) is 0.773. The van der Waals surface area contributed by atoms with Gasteiger partial charge in [-0.25, -0.2) is 0 Å². The van der Waals surface area contributed by atoms with Crippen LogP contribution in [-0.4, -0.2) is 39.1 Å². The lowest BCUT2D eigenvalue weighted by Gasteiger charge is -2.53. The minimum absolute atomic E-state index is 0.0710. The number of hydrogen-bond acceptors (Lipinski definition) is 4. The van der Waals surface area contributed by atoms with Gasteiger partial charge in [0.25, 0.3) is 0 Å². The van der Waals surface area contributed by atoms with E-state index in [1.165, 1.54) is 31.3 Å². The molecule has 0 heterocycles. The number of carboxylic acid groups (broad SMARTS) is 2. The Labute approximate surface area is 166 Å². The number of carboxylic acids is 2. The standard InChI is InChI=1S/C18H26O2.C4H6O4/c1-18-9-8-14-13-5-3-12(19)10-11(13)2-4-15(14)16(18)6-7-17(18)20;5-3(6)1-2-4(7)8/h10,13-17,20H,2-9H2,1H3;1-2H2,(H,5,6)(H,7,8)/t13-,14+,15+,16-,17-,18-;/m0./s1. The maximum absolute atomic E-state index is 11.6. The number of hydrogen-bond donors (Lipinski definition) is 3. The minimum atomic E-state index is -1.08. The van der Waals surface area contributed by atoms with Crippen molar-refractivity contribution in [2.75, 3.05) is 0 Å². The molecule has 6 atom stereocenters. The summed E-state index contributed by atoms with van der Waals surface area (Å²) in [7, 11) is 0. The molecule has 3 N–H and O–H groups in total. The molecule has 0 aliphatic heterocycles. The first-order chi connectivity index (χ1) is 13.2. The quantitative estimate of drug-likeness (QED) is 0.678. The molecule has 28 heavy (non-hydrogen) atoms. The van der Waals surface area contributed by atoms with E-state index in [0.29, 0.717) is 11.7 Å². The van der Waals surface area contributed by atoms with Crippen LogP contribution in [0.3, 0.4) is 0 Å². The van der Waals surface area contributed by atoms with Crippen molar-refractivity contribution in [2.45, 2.75) is 77.2 Å². The van der Waals surface area contributed by atoms with Crippen molar-refractivity contribution in [3.8, 4) is 0 Å². The first-order valence-electron chi connectivity index (χ1n) is 10.6. The van der Waals surface area contributed by atoms with Crippen molar-refractivity contribution >= 4 is 17.7 Å². The van der Waals surface area contributed by atoms with Crippen LogP contribution in [0.2, 0.25) is 0 Å². The Kier molecular flexibility index (Phi) is 6.28. The summed E-state index contributed by atoms with van der Waals surface area (Å²) in [6, 6.07) is 0. The zero-order valence-electron chi connectivity index (χ0n) is 16.6. The Morgan fingerprint density at radius 1 is 1.00 bits per heavy atom. The van der Waals surface area contributed by atoms with Gasteiger partial charge in [-0.1, -0.05) is 12.5 Å². The predicted molar refractivity (Wildman–Crippen MR) is 103 cm³/mol. The van der Waals surface area contributed by atoms with Gasteiger partial charge in [-0.3, -0.25) is 14.4 Å². The van der Waals surface area contributed by atoms with E-state index >= 15 is 0 Å². The SMILES string of the molecule is C[C@]12CC[C@H]3[C@@H](CCC4=CC(=O)CC[C@@H]43)[C@@H]1CC[C@@H]2O.O=C(O)CCC(=O)O. The van der Waals surface area contributed by atoms with Crippen LogP contribution >= 0.6 is 0 Å². The molecule has 0 bridgehead atoms. The van der Waals surface area contributed by atoms with E-state index in [1.54, 1.807) is 0 Å². The van der Waals surface area contributed by atoms with Gasteiger partial charge in [0.2, 0.25) is 0 Å². The van der Waals surface area contributed by atoms with Gasteiger partial charge in [0.05, 0.1) is 18.9 Å².